The van der Waals surface area contributed by atoms with Crippen molar-refractivity contribution in [2.24, 2.45) is 0 Å². The molecule has 0 aliphatic carbocycles. The molecule has 1 atom stereocenters. The van der Waals surface area contributed by atoms with Gasteiger partial charge in [0.25, 0.3) is 5.91 Å². The predicted octanol–water partition coefficient (Wildman–Crippen LogP) is 2.95. The number of hydrogen-bond acceptors (Lipinski definition) is 6. The lowest BCUT2D eigenvalue weighted by Crippen LogP contribution is -2.48. The smallest absolute Gasteiger partial charge is 0.265 e. The van der Waals surface area contributed by atoms with Gasteiger partial charge in [0, 0.05) is 38.1 Å². The predicted molar refractivity (Wildman–Crippen MR) is 106 cm³/mol. The summed E-state index contributed by atoms with van der Waals surface area (Å²) in [4.78, 5) is 29.0. The van der Waals surface area contributed by atoms with E-state index >= 15 is 0 Å². The molecule has 0 radical (unpaired) electrons. The summed E-state index contributed by atoms with van der Waals surface area (Å²) in [6.07, 6.45) is 4.09. The van der Waals surface area contributed by atoms with E-state index in [-0.39, 0.29) is 11.9 Å². The Balaban J connectivity index is 1.58. The first-order valence-corrected chi connectivity index (χ1v) is 9.92. The van der Waals surface area contributed by atoms with Gasteiger partial charge < -0.3 is 10.2 Å². The van der Waals surface area contributed by atoms with E-state index in [2.05, 4.69) is 32.4 Å². The standard InChI is InChI=1S/C20H21N5OS/c1-2-15-17(27-19(24-15)18-22-9-6-10-23-18)20(26)25-12-11-21-16(13-25)14-7-4-3-5-8-14/h3-10,16,21H,2,11-13H2,1H3. The first-order chi connectivity index (χ1) is 13.3. The molecule has 2 aromatic heterocycles. The molecule has 138 valence electrons. The van der Waals surface area contributed by atoms with Crippen molar-refractivity contribution in [1.29, 1.82) is 0 Å². The minimum atomic E-state index is 0.0500. The van der Waals surface area contributed by atoms with Crippen LogP contribution in [0.5, 0.6) is 0 Å². The zero-order chi connectivity index (χ0) is 18.6. The van der Waals surface area contributed by atoms with Gasteiger partial charge in [0.05, 0.1) is 5.69 Å². The number of carbonyl (C=O) groups excluding carboxylic acids is 1. The first-order valence-electron chi connectivity index (χ1n) is 9.11. The number of piperazine rings is 1. The van der Waals surface area contributed by atoms with Gasteiger partial charge in [-0.05, 0) is 18.1 Å². The van der Waals surface area contributed by atoms with Crippen LogP contribution in [-0.2, 0) is 6.42 Å². The second-order valence-corrected chi connectivity index (χ2v) is 7.39. The second kappa shape index (κ2) is 7.94. The molecule has 4 rings (SSSR count). The van der Waals surface area contributed by atoms with Crippen LogP contribution in [0.2, 0.25) is 0 Å². The molecular formula is C20H21N5OS. The molecule has 1 aliphatic heterocycles. The summed E-state index contributed by atoms with van der Waals surface area (Å²) in [5.74, 6) is 0.618. The normalized spacial score (nSPS) is 17.1. The fraction of sp³-hybridized carbons (Fsp3) is 0.300. The monoisotopic (exact) mass is 379 g/mol. The number of amides is 1. The van der Waals surface area contributed by atoms with Gasteiger partial charge in [-0.25, -0.2) is 15.0 Å². The van der Waals surface area contributed by atoms with Crippen LogP contribution in [-0.4, -0.2) is 45.4 Å². The average molecular weight is 379 g/mol. The highest BCUT2D eigenvalue weighted by molar-refractivity contribution is 7.17. The molecule has 1 fully saturated rings. The topological polar surface area (TPSA) is 71.0 Å². The van der Waals surface area contributed by atoms with E-state index in [1.165, 1.54) is 16.9 Å². The van der Waals surface area contributed by atoms with Gasteiger partial charge in [-0.1, -0.05) is 37.3 Å². The Labute approximate surface area is 162 Å². The fourth-order valence-corrected chi connectivity index (χ4v) is 4.32. The highest BCUT2D eigenvalue weighted by Crippen LogP contribution is 2.28. The lowest BCUT2D eigenvalue weighted by atomic mass is 10.0. The fourth-order valence-electron chi connectivity index (χ4n) is 3.25. The summed E-state index contributed by atoms with van der Waals surface area (Å²) in [7, 11) is 0. The molecule has 0 spiro atoms. The van der Waals surface area contributed by atoms with Crippen molar-refractivity contribution in [2.75, 3.05) is 19.6 Å². The molecule has 1 aromatic carbocycles. The number of rotatable bonds is 4. The average Bonchev–Trinajstić information content (AvgIpc) is 3.19. The van der Waals surface area contributed by atoms with Crippen molar-refractivity contribution in [1.82, 2.24) is 25.2 Å². The van der Waals surface area contributed by atoms with E-state index in [4.69, 9.17) is 0 Å². The van der Waals surface area contributed by atoms with Crippen molar-refractivity contribution in [2.45, 2.75) is 19.4 Å². The number of nitrogens with zero attached hydrogens (tertiary/aromatic N) is 4. The third-order valence-electron chi connectivity index (χ3n) is 4.65. The van der Waals surface area contributed by atoms with Gasteiger partial charge in [-0.15, -0.1) is 11.3 Å². The Morgan fingerprint density at radius 1 is 1.22 bits per heavy atom. The highest BCUT2D eigenvalue weighted by atomic mass is 32.1. The number of benzene rings is 1. The van der Waals surface area contributed by atoms with E-state index in [1.54, 1.807) is 18.5 Å². The van der Waals surface area contributed by atoms with E-state index in [9.17, 15) is 4.79 Å². The lowest BCUT2D eigenvalue weighted by Gasteiger charge is -2.34. The molecular weight excluding hydrogens is 358 g/mol. The van der Waals surface area contributed by atoms with Gasteiger partial charge in [-0.2, -0.15) is 0 Å². The zero-order valence-corrected chi connectivity index (χ0v) is 15.9. The van der Waals surface area contributed by atoms with Gasteiger partial charge in [-0.3, -0.25) is 4.79 Å². The summed E-state index contributed by atoms with van der Waals surface area (Å²) >= 11 is 1.39. The maximum absolute atomic E-state index is 13.2. The molecule has 27 heavy (non-hydrogen) atoms. The summed E-state index contributed by atoms with van der Waals surface area (Å²) in [5, 5.41) is 4.20. The number of carbonyl (C=O) groups is 1. The molecule has 1 aliphatic rings. The first kappa shape index (κ1) is 17.8. The van der Waals surface area contributed by atoms with Crippen molar-refractivity contribution in [3.8, 4) is 10.8 Å². The van der Waals surface area contributed by atoms with Crippen LogP contribution in [0.15, 0.2) is 48.8 Å². The minimum Gasteiger partial charge on any atom is -0.335 e. The van der Waals surface area contributed by atoms with E-state index in [1.807, 2.05) is 30.0 Å². The van der Waals surface area contributed by atoms with Crippen LogP contribution in [0.3, 0.4) is 0 Å². The van der Waals surface area contributed by atoms with E-state index < -0.39 is 0 Å². The lowest BCUT2D eigenvalue weighted by molar-refractivity contribution is 0.0706. The van der Waals surface area contributed by atoms with E-state index in [0.29, 0.717) is 35.2 Å². The van der Waals surface area contributed by atoms with Crippen LogP contribution in [0, 0.1) is 0 Å². The number of aryl methyl sites for hydroxylation is 1. The Kier molecular flexibility index (Phi) is 5.22. The number of nitrogens with one attached hydrogen (secondary N) is 1. The van der Waals surface area contributed by atoms with Gasteiger partial charge in [0.1, 0.15) is 4.88 Å². The number of hydrogen-bond donors (Lipinski definition) is 1. The van der Waals surface area contributed by atoms with Crippen LogP contribution >= 0.6 is 11.3 Å². The molecule has 7 heteroatoms. The van der Waals surface area contributed by atoms with Crippen LogP contribution in [0.1, 0.15) is 33.9 Å². The molecule has 0 saturated carbocycles. The maximum Gasteiger partial charge on any atom is 0.265 e. The van der Waals surface area contributed by atoms with Crippen LogP contribution in [0.4, 0.5) is 0 Å². The highest BCUT2D eigenvalue weighted by Gasteiger charge is 2.28. The quantitative estimate of drug-likeness (QED) is 0.755. The van der Waals surface area contributed by atoms with Crippen LogP contribution in [0.25, 0.3) is 10.8 Å². The van der Waals surface area contributed by atoms with Crippen molar-refractivity contribution >= 4 is 17.2 Å². The zero-order valence-electron chi connectivity index (χ0n) is 15.1. The van der Waals surface area contributed by atoms with Crippen molar-refractivity contribution < 1.29 is 4.79 Å². The maximum atomic E-state index is 13.2. The molecule has 1 unspecified atom stereocenters. The van der Waals surface area contributed by atoms with Gasteiger partial charge >= 0.3 is 0 Å². The number of thiazole rings is 1. The largest absolute Gasteiger partial charge is 0.335 e. The third kappa shape index (κ3) is 3.74. The number of aromatic nitrogens is 3. The molecule has 1 amide bonds. The SMILES string of the molecule is CCc1nc(-c2ncccn2)sc1C(=O)N1CCNC(c2ccccc2)C1. The Morgan fingerprint density at radius 3 is 2.74 bits per heavy atom. The Hall–Kier alpha value is -2.64. The third-order valence-corrected chi connectivity index (χ3v) is 5.73. The molecule has 3 aromatic rings. The van der Waals surface area contributed by atoms with Crippen LogP contribution < -0.4 is 5.32 Å². The Bertz CT molecular complexity index is 913. The molecule has 1 saturated heterocycles. The molecule has 0 bridgehead atoms. The van der Waals surface area contributed by atoms with Crippen molar-refractivity contribution in [3.63, 3.8) is 0 Å². The molecule has 6 nitrogen and oxygen atoms in total. The molecule has 3 heterocycles. The second-order valence-electron chi connectivity index (χ2n) is 6.39. The summed E-state index contributed by atoms with van der Waals surface area (Å²) in [6, 6.07) is 12.2. The van der Waals surface area contributed by atoms with Gasteiger partial charge in [0.2, 0.25) is 0 Å². The molecule has 1 N–H and O–H groups in total. The van der Waals surface area contributed by atoms with Crippen molar-refractivity contribution in [3.05, 3.63) is 64.9 Å². The Morgan fingerprint density at radius 2 is 2.00 bits per heavy atom. The summed E-state index contributed by atoms with van der Waals surface area (Å²) in [6.45, 7) is 4.15. The minimum absolute atomic E-state index is 0.0500. The summed E-state index contributed by atoms with van der Waals surface area (Å²) in [5.41, 5.74) is 2.02. The van der Waals surface area contributed by atoms with E-state index in [0.717, 1.165) is 12.2 Å². The summed E-state index contributed by atoms with van der Waals surface area (Å²) < 4.78 is 0. The van der Waals surface area contributed by atoms with Gasteiger partial charge in [0.15, 0.2) is 10.8 Å².